The first-order chi connectivity index (χ1) is 12.5. The lowest BCUT2D eigenvalue weighted by Gasteiger charge is -2.01. The summed E-state index contributed by atoms with van der Waals surface area (Å²) >= 11 is 7.32. The summed E-state index contributed by atoms with van der Waals surface area (Å²) < 4.78 is 5.00. The highest BCUT2D eigenvalue weighted by molar-refractivity contribution is 7.11. The zero-order valence-corrected chi connectivity index (χ0v) is 15.3. The van der Waals surface area contributed by atoms with Crippen LogP contribution in [0.15, 0.2) is 53.9 Å². The van der Waals surface area contributed by atoms with E-state index in [4.69, 9.17) is 16.3 Å². The molecule has 1 heterocycles. The Morgan fingerprint density at radius 3 is 2.50 bits per heavy atom. The van der Waals surface area contributed by atoms with Gasteiger partial charge < -0.3 is 4.74 Å². The number of halogens is 1. The Kier molecular flexibility index (Phi) is 5.47. The van der Waals surface area contributed by atoms with E-state index in [9.17, 15) is 10.1 Å². The molecular weight excluding hydrogens is 368 g/mol. The van der Waals surface area contributed by atoms with Gasteiger partial charge >= 0.3 is 5.97 Å². The molecular formula is C20H13ClN2O2S. The van der Waals surface area contributed by atoms with Gasteiger partial charge in [0.15, 0.2) is 0 Å². The second-order valence-electron chi connectivity index (χ2n) is 5.38. The third kappa shape index (κ3) is 4.37. The van der Waals surface area contributed by atoms with Gasteiger partial charge in [0.2, 0.25) is 0 Å². The second-order valence-corrected chi connectivity index (χ2v) is 6.67. The van der Waals surface area contributed by atoms with E-state index < -0.39 is 0 Å². The van der Waals surface area contributed by atoms with Crippen LogP contribution < -0.4 is 4.74 Å². The zero-order valence-electron chi connectivity index (χ0n) is 13.8. The van der Waals surface area contributed by atoms with E-state index in [1.54, 1.807) is 30.3 Å². The number of benzene rings is 2. The molecule has 3 rings (SSSR count). The number of thiazole rings is 1. The molecule has 0 aliphatic rings. The molecule has 0 amide bonds. The predicted molar refractivity (Wildman–Crippen MR) is 104 cm³/mol. The fourth-order valence-corrected chi connectivity index (χ4v) is 3.18. The number of nitrogens with zero attached hydrogens (tertiary/aromatic N) is 2. The Balaban J connectivity index is 1.85. The van der Waals surface area contributed by atoms with Crippen molar-refractivity contribution >= 4 is 40.6 Å². The van der Waals surface area contributed by atoms with Crippen molar-refractivity contribution in [1.29, 1.82) is 5.26 Å². The van der Waals surface area contributed by atoms with Crippen molar-refractivity contribution in [2.75, 3.05) is 0 Å². The topological polar surface area (TPSA) is 63.0 Å². The zero-order chi connectivity index (χ0) is 18.5. The summed E-state index contributed by atoms with van der Waals surface area (Å²) in [6, 6.07) is 16.5. The molecule has 0 N–H and O–H groups in total. The molecule has 0 unspecified atom stereocenters. The first-order valence-corrected chi connectivity index (χ1v) is 8.93. The molecule has 0 saturated carbocycles. The van der Waals surface area contributed by atoms with Crippen LogP contribution in [0.4, 0.5) is 0 Å². The number of carbonyl (C=O) groups is 1. The SMILES string of the molecule is CC(=O)Oc1ccc(C=C(C#N)c2nc(-c3ccc(Cl)cc3)cs2)cc1. The lowest BCUT2D eigenvalue weighted by atomic mass is 10.1. The molecule has 0 radical (unpaired) electrons. The lowest BCUT2D eigenvalue weighted by Crippen LogP contribution is -2.00. The molecule has 128 valence electrons. The molecule has 0 aliphatic heterocycles. The summed E-state index contributed by atoms with van der Waals surface area (Å²) in [6.45, 7) is 1.35. The van der Waals surface area contributed by atoms with Crippen molar-refractivity contribution in [3.05, 3.63) is 69.5 Å². The summed E-state index contributed by atoms with van der Waals surface area (Å²) in [6.07, 6.45) is 1.75. The lowest BCUT2D eigenvalue weighted by molar-refractivity contribution is -0.131. The van der Waals surface area contributed by atoms with Crippen LogP contribution in [0.2, 0.25) is 5.02 Å². The van der Waals surface area contributed by atoms with Crippen LogP contribution in [0.3, 0.4) is 0 Å². The summed E-state index contributed by atoms with van der Waals surface area (Å²) in [5.74, 6) is 0.0935. The second kappa shape index (κ2) is 7.96. The van der Waals surface area contributed by atoms with Gasteiger partial charge in [0, 0.05) is 22.9 Å². The number of nitriles is 1. The summed E-state index contributed by atoms with van der Waals surface area (Å²) in [7, 11) is 0. The van der Waals surface area contributed by atoms with Crippen LogP contribution in [-0.2, 0) is 4.79 Å². The molecule has 26 heavy (non-hydrogen) atoms. The molecule has 6 heteroatoms. The van der Waals surface area contributed by atoms with Crippen molar-refractivity contribution in [2.45, 2.75) is 6.92 Å². The highest BCUT2D eigenvalue weighted by atomic mass is 35.5. The van der Waals surface area contributed by atoms with E-state index in [2.05, 4.69) is 11.1 Å². The fourth-order valence-electron chi connectivity index (χ4n) is 2.26. The van der Waals surface area contributed by atoms with Gasteiger partial charge in [-0.15, -0.1) is 11.3 Å². The summed E-state index contributed by atoms with van der Waals surface area (Å²) in [5.41, 5.74) is 3.03. The highest BCUT2D eigenvalue weighted by Crippen LogP contribution is 2.28. The minimum absolute atomic E-state index is 0.372. The van der Waals surface area contributed by atoms with Gasteiger partial charge in [-0.3, -0.25) is 4.79 Å². The molecule has 2 aromatic carbocycles. The maximum absolute atomic E-state index is 11.0. The van der Waals surface area contributed by atoms with E-state index >= 15 is 0 Å². The number of esters is 1. The van der Waals surface area contributed by atoms with Crippen LogP contribution in [0.5, 0.6) is 5.75 Å². The fraction of sp³-hybridized carbons (Fsp3) is 0.0500. The number of allylic oxidation sites excluding steroid dienone is 1. The Hall–Kier alpha value is -2.94. The Labute approximate surface area is 160 Å². The van der Waals surface area contributed by atoms with Gasteiger partial charge in [-0.2, -0.15) is 5.26 Å². The van der Waals surface area contributed by atoms with Crippen molar-refractivity contribution in [1.82, 2.24) is 4.98 Å². The van der Waals surface area contributed by atoms with Gasteiger partial charge in [-0.05, 0) is 35.9 Å². The van der Waals surface area contributed by atoms with Crippen LogP contribution in [0.1, 0.15) is 17.5 Å². The molecule has 1 aromatic heterocycles. The van der Waals surface area contributed by atoms with Crippen molar-refractivity contribution < 1.29 is 9.53 Å². The highest BCUT2D eigenvalue weighted by Gasteiger charge is 2.09. The predicted octanol–water partition coefficient (Wildman–Crippen LogP) is 5.45. The standard InChI is InChI=1S/C20H13ClN2O2S/c1-13(24)25-18-8-2-14(3-9-18)10-16(11-22)20-23-19(12-26-20)15-4-6-17(21)7-5-15/h2-10,12H,1H3. The van der Waals surface area contributed by atoms with Gasteiger partial charge in [0.05, 0.1) is 11.3 Å². The number of hydrogen-bond acceptors (Lipinski definition) is 5. The number of aromatic nitrogens is 1. The normalized spacial score (nSPS) is 11.0. The quantitative estimate of drug-likeness (QED) is 0.343. The van der Waals surface area contributed by atoms with Crippen molar-refractivity contribution in [2.24, 2.45) is 0 Å². The molecule has 4 nitrogen and oxygen atoms in total. The van der Waals surface area contributed by atoms with Crippen LogP contribution in [0.25, 0.3) is 22.9 Å². The first kappa shape index (κ1) is 17.9. The average molecular weight is 381 g/mol. The molecule has 0 saturated heterocycles. The van der Waals surface area contributed by atoms with E-state index in [1.807, 2.05) is 29.6 Å². The minimum atomic E-state index is -0.372. The molecule has 0 aliphatic carbocycles. The summed E-state index contributed by atoms with van der Waals surface area (Å²) in [5, 5.41) is 12.7. The van der Waals surface area contributed by atoms with Crippen LogP contribution in [-0.4, -0.2) is 11.0 Å². The summed E-state index contributed by atoms with van der Waals surface area (Å²) in [4.78, 5) is 15.5. The van der Waals surface area contributed by atoms with Gasteiger partial charge in [-0.25, -0.2) is 4.98 Å². The average Bonchev–Trinajstić information content (AvgIpc) is 3.11. The monoisotopic (exact) mass is 380 g/mol. The third-order valence-electron chi connectivity index (χ3n) is 3.45. The van der Waals surface area contributed by atoms with Crippen molar-refractivity contribution in [3.8, 4) is 23.1 Å². The Bertz CT molecular complexity index is 1000. The molecule has 3 aromatic rings. The van der Waals surface area contributed by atoms with Crippen molar-refractivity contribution in [3.63, 3.8) is 0 Å². The van der Waals surface area contributed by atoms with E-state index in [0.717, 1.165) is 16.8 Å². The molecule has 0 bridgehead atoms. The number of rotatable bonds is 4. The largest absolute Gasteiger partial charge is 0.427 e. The molecule has 0 atom stereocenters. The van der Waals surface area contributed by atoms with Gasteiger partial charge in [0.1, 0.15) is 16.8 Å². The van der Waals surface area contributed by atoms with Gasteiger partial charge in [-0.1, -0.05) is 35.9 Å². The molecule has 0 fully saturated rings. The van der Waals surface area contributed by atoms with E-state index in [0.29, 0.717) is 21.4 Å². The number of hydrogen-bond donors (Lipinski definition) is 0. The van der Waals surface area contributed by atoms with Crippen LogP contribution >= 0.6 is 22.9 Å². The third-order valence-corrected chi connectivity index (χ3v) is 4.58. The van der Waals surface area contributed by atoms with E-state index in [-0.39, 0.29) is 5.97 Å². The minimum Gasteiger partial charge on any atom is -0.427 e. The number of ether oxygens (including phenoxy) is 1. The van der Waals surface area contributed by atoms with Crippen LogP contribution in [0, 0.1) is 11.3 Å². The first-order valence-electron chi connectivity index (χ1n) is 7.67. The van der Waals surface area contributed by atoms with E-state index in [1.165, 1.54) is 18.3 Å². The maximum Gasteiger partial charge on any atom is 0.308 e. The maximum atomic E-state index is 11.0. The Morgan fingerprint density at radius 2 is 1.88 bits per heavy atom. The number of carbonyl (C=O) groups excluding carboxylic acids is 1. The Morgan fingerprint density at radius 1 is 1.19 bits per heavy atom. The van der Waals surface area contributed by atoms with Gasteiger partial charge in [0.25, 0.3) is 0 Å². The molecule has 0 spiro atoms. The smallest absolute Gasteiger partial charge is 0.308 e.